The number of benzene rings is 2. The fraction of sp³-hybridized carbons (Fsp3) is 0.321. The lowest BCUT2D eigenvalue weighted by molar-refractivity contribution is 0.357. The zero-order chi connectivity index (χ0) is 27.9. The summed E-state index contributed by atoms with van der Waals surface area (Å²) in [6, 6.07) is 12.8. The zero-order valence-corrected chi connectivity index (χ0v) is 26.9. The van der Waals surface area contributed by atoms with E-state index in [0.29, 0.717) is 89.6 Å². The van der Waals surface area contributed by atoms with Crippen LogP contribution in [0.2, 0.25) is 0 Å². The minimum absolute atomic E-state index is 0. The van der Waals surface area contributed by atoms with Gasteiger partial charge in [0, 0.05) is 51.5 Å². The summed E-state index contributed by atoms with van der Waals surface area (Å²) < 4.78 is 39.5. The summed E-state index contributed by atoms with van der Waals surface area (Å²) in [6.07, 6.45) is 2.43. The number of nitrogens with one attached hydrogen (secondary N) is 1. The molecule has 0 atom stereocenters. The predicted octanol–water partition coefficient (Wildman–Crippen LogP) is 3.71. The van der Waals surface area contributed by atoms with Crippen molar-refractivity contribution >= 4 is 69.9 Å². The molecule has 1 saturated heterocycles. The van der Waals surface area contributed by atoms with Crippen LogP contribution in [-0.4, -0.2) is 74.6 Å². The third kappa shape index (κ3) is 6.40. The van der Waals surface area contributed by atoms with Gasteiger partial charge in [-0.1, -0.05) is 12.1 Å². The number of methoxy groups -OCH3 is 2. The van der Waals surface area contributed by atoms with Crippen molar-refractivity contribution in [3.8, 4) is 22.8 Å². The summed E-state index contributed by atoms with van der Waals surface area (Å²) in [5.41, 5.74) is 10.6. The van der Waals surface area contributed by atoms with E-state index < -0.39 is 10.0 Å². The van der Waals surface area contributed by atoms with E-state index in [9.17, 15) is 8.42 Å². The molecular weight excluding hydrogens is 637 g/mol. The molecule has 0 unspecified atom stereocenters. The van der Waals surface area contributed by atoms with E-state index in [1.54, 1.807) is 42.9 Å². The van der Waals surface area contributed by atoms with Gasteiger partial charge in [0.05, 0.1) is 41.3 Å². The number of anilines is 2. The number of sulfonamides is 1. The van der Waals surface area contributed by atoms with Gasteiger partial charge in [0.25, 0.3) is 0 Å². The Balaban J connectivity index is 0.00000169. The van der Waals surface area contributed by atoms with E-state index in [1.165, 1.54) is 0 Å². The molecule has 43 heavy (non-hydrogen) atoms. The van der Waals surface area contributed by atoms with Gasteiger partial charge in [-0.05, 0) is 41.8 Å². The Morgan fingerprint density at radius 2 is 1.70 bits per heavy atom. The van der Waals surface area contributed by atoms with Crippen LogP contribution in [0.15, 0.2) is 53.6 Å². The van der Waals surface area contributed by atoms with Crippen LogP contribution in [0.1, 0.15) is 11.1 Å². The summed E-state index contributed by atoms with van der Waals surface area (Å²) in [5.74, 6) is 1.76. The number of hydrogen-bond acceptors (Lipinski definition) is 10. The number of nitrogen functional groups attached to an aromatic ring is 1. The van der Waals surface area contributed by atoms with Crippen LogP contribution in [0.4, 0.5) is 11.8 Å². The van der Waals surface area contributed by atoms with Gasteiger partial charge in [-0.15, -0.1) is 37.2 Å². The summed E-state index contributed by atoms with van der Waals surface area (Å²) in [5, 5.41) is 3.83. The number of rotatable bonds is 6. The molecule has 232 valence electrons. The summed E-state index contributed by atoms with van der Waals surface area (Å²) in [4.78, 5) is 16.4. The molecule has 3 N–H and O–H groups in total. The molecule has 1 fully saturated rings. The normalized spacial score (nSPS) is 15.0. The number of pyridine rings is 1. The molecule has 2 aliphatic rings. The predicted molar refractivity (Wildman–Crippen MR) is 175 cm³/mol. The van der Waals surface area contributed by atoms with Crippen LogP contribution in [0.25, 0.3) is 22.2 Å². The number of aromatic nitrogens is 3. The molecule has 0 radical (unpaired) electrons. The molecule has 0 bridgehead atoms. The van der Waals surface area contributed by atoms with E-state index in [2.05, 4.69) is 10.3 Å². The van der Waals surface area contributed by atoms with Gasteiger partial charge >= 0.3 is 0 Å². The average Bonchev–Trinajstić information content (AvgIpc) is 3.00. The Hall–Kier alpha value is -3.13. The zero-order valence-electron chi connectivity index (χ0n) is 23.6. The molecule has 0 aliphatic carbocycles. The second-order valence-corrected chi connectivity index (χ2v) is 11.7. The quantitative estimate of drug-likeness (QED) is 0.313. The molecule has 2 aromatic heterocycles. The monoisotopic (exact) mass is 669 g/mol. The topological polar surface area (TPSA) is 136 Å². The molecule has 2 aromatic carbocycles. The van der Waals surface area contributed by atoms with E-state index in [1.807, 2.05) is 29.2 Å². The molecule has 0 saturated carbocycles. The van der Waals surface area contributed by atoms with Crippen LogP contribution >= 0.6 is 37.2 Å². The Morgan fingerprint density at radius 3 is 2.37 bits per heavy atom. The van der Waals surface area contributed by atoms with Crippen molar-refractivity contribution in [2.24, 2.45) is 0 Å². The minimum atomic E-state index is -3.57. The molecule has 15 heteroatoms. The smallest absolute Gasteiger partial charge is 0.243 e. The molecular formula is C28H34Cl3N7O4S. The van der Waals surface area contributed by atoms with Gasteiger partial charge in [-0.2, -0.15) is 9.29 Å². The van der Waals surface area contributed by atoms with E-state index >= 15 is 0 Å². The summed E-state index contributed by atoms with van der Waals surface area (Å²) >= 11 is 0. The van der Waals surface area contributed by atoms with Crippen LogP contribution < -0.4 is 25.4 Å². The number of ether oxygens (including phenoxy) is 2. The lowest BCUT2D eigenvalue weighted by atomic mass is 10.00. The van der Waals surface area contributed by atoms with E-state index in [0.717, 1.165) is 17.5 Å². The first-order valence-corrected chi connectivity index (χ1v) is 14.6. The van der Waals surface area contributed by atoms with Crippen molar-refractivity contribution in [2.45, 2.75) is 17.9 Å². The maximum Gasteiger partial charge on any atom is 0.243 e. The first-order valence-electron chi connectivity index (χ1n) is 13.1. The van der Waals surface area contributed by atoms with Crippen molar-refractivity contribution < 1.29 is 17.9 Å². The van der Waals surface area contributed by atoms with E-state index in [4.69, 9.17) is 25.2 Å². The number of hydrogen-bond donors (Lipinski definition) is 2. The SMILES string of the molecule is COc1cc2nc(N3CCc4ccc(S(=O)(=O)N5CCNCC5)cc4C3)nc(N)c2c(-c2ccccn2)c1OC.Cl.Cl.Cl. The average molecular weight is 671 g/mol. The Labute approximate surface area is 269 Å². The third-order valence-corrected chi connectivity index (χ3v) is 9.35. The maximum atomic E-state index is 13.3. The molecule has 0 amide bonds. The third-order valence-electron chi connectivity index (χ3n) is 7.45. The lowest BCUT2D eigenvalue weighted by Crippen LogP contribution is -2.46. The Bertz CT molecular complexity index is 1690. The summed E-state index contributed by atoms with van der Waals surface area (Å²) in [7, 11) is -0.420. The minimum Gasteiger partial charge on any atom is -0.493 e. The van der Waals surface area contributed by atoms with Crippen LogP contribution in [-0.2, 0) is 23.0 Å². The second kappa shape index (κ2) is 14.1. The van der Waals surface area contributed by atoms with Gasteiger partial charge in [0.2, 0.25) is 16.0 Å². The molecule has 6 rings (SSSR count). The van der Waals surface area contributed by atoms with E-state index in [-0.39, 0.29) is 37.2 Å². The fourth-order valence-electron chi connectivity index (χ4n) is 5.42. The number of nitrogens with zero attached hydrogens (tertiary/aromatic N) is 5. The molecule has 11 nitrogen and oxygen atoms in total. The van der Waals surface area contributed by atoms with Crippen LogP contribution in [0, 0.1) is 0 Å². The van der Waals surface area contributed by atoms with Gasteiger partial charge in [0.15, 0.2) is 11.5 Å². The molecule has 0 spiro atoms. The highest BCUT2D eigenvalue weighted by molar-refractivity contribution is 7.89. The Morgan fingerprint density at radius 1 is 0.930 bits per heavy atom. The number of halogens is 3. The molecule has 4 heterocycles. The fourth-order valence-corrected chi connectivity index (χ4v) is 6.91. The summed E-state index contributed by atoms with van der Waals surface area (Å²) in [6.45, 7) is 3.36. The molecule has 2 aliphatic heterocycles. The largest absolute Gasteiger partial charge is 0.493 e. The molecule has 4 aromatic rings. The first kappa shape index (κ1) is 34.4. The lowest BCUT2D eigenvalue weighted by Gasteiger charge is -2.31. The number of piperazine rings is 1. The maximum absolute atomic E-state index is 13.3. The highest BCUT2D eigenvalue weighted by Gasteiger charge is 2.29. The van der Waals surface area contributed by atoms with Gasteiger partial charge < -0.3 is 25.4 Å². The first-order chi connectivity index (χ1) is 19.4. The second-order valence-electron chi connectivity index (χ2n) is 9.76. The van der Waals surface area contributed by atoms with Gasteiger partial charge in [-0.3, -0.25) is 4.98 Å². The Kier molecular flexibility index (Phi) is 11.3. The van der Waals surface area contributed by atoms with Crippen molar-refractivity contribution in [2.75, 3.05) is 57.6 Å². The van der Waals surface area contributed by atoms with Crippen LogP contribution in [0.5, 0.6) is 11.5 Å². The number of fused-ring (bicyclic) bond motifs is 2. The van der Waals surface area contributed by atoms with Crippen molar-refractivity contribution in [1.82, 2.24) is 24.6 Å². The van der Waals surface area contributed by atoms with Crippen LogP contribution in [0.3, 0.4) is 0 Å². The standard InChI is InChI=1S/C28H31N7O4S.3ClH/c1-38-23-16-22-25(24(26(23)39-2)21-5-3-4-9-31-21)27(29)33-28(32-22)34-12-8-18-6-7-20(15-19(18)17-34)40(36,37)35-13-10-30-11-14-35;;;/h3-7,9,15-16,30H,8,10-14,17H2,1-2H3,(H2,29,32,33);3*1H. The van der Waals surface area contributed by atoms with Gasteiger partial charge in [0.1, 0.15) is 5.82 Å². The highest BCUT2D eigenvalue weighted by Crippen LogP contribution is 2.44. The van der Waals surface area contributed by atoms with Crippen molar-refractivity contribution in [3.05, 3.63) is 59.8 Å². The highest BCUT2D eigenvalue weighted by atomic mass is 35.5. The van der Waals surface area contributed by atoms with Crippen molar-refractivity contribution in [1.29, 1.82) is 0 Å². The van der Waals surface area contributed by atoms with Crippen molar-refractivity contribution in [3.63, 3.8) is 0 Å². The van der Waals surface area contributed by atoms with Gasteiger partial charge in [-0.25, -0.2) is 13.4 Å². The number of nitrogens with two attached hydrogens (primary N) is 1.